The molecule has 104 valence electrons. The highest BCUT2D eigenvalue weighted by molar-refractivity contribution is 7.80. The Labute approximate surface area is 122 Å². The highest BCUT2D eigenvalue weighted by Crippen LogP contribution is 2.18. The van der Waals surface area contributed by atoms with Crippen molar-refractivity contribution in [1.82, 2.24) is 9.78 Å². The zero-order valence-corrected chi connectivity index (χ0v) is 12.4. The zero-order chi connectivity index (χ0) is 14.9. The normalized spacial score (nSPS) is 10.3. The number of hydrogen-bond acceptors (Lipinski definition) is 3. The number of hydrogen-bond donors (Lipinski definition) is 2. The monoisotopic (exact) mass is 288 g/mol. The van der Waals surface area contributed by atoms with Crippen LogP contribution < -0.4 is 11.1 Å². The Morgan fingerprint density at radius 3 is 2.65 bits per heavy atom. The molecule has 5 nitrogen and oxygen atoms in total. The Balaban J connectivity index is 2.30. The van der Waals surface area contributed by atoms with Crippen molar-refractivity contribution in [3.8, 4) is 0 Å². The van der Waals surface area contributed by atoms with Crippen LogP contribution in [0.3, 0.4) is 0 Å². The molecule has 1 aromatic carbocycles. The van der Waals surface area contributed by atoms with E-state index in [0.29, 0.717) is 16.2 Å². The Morgan fingerprint density at radius 2 is 2.10 bits per heavy atom. The molecule has 6 heteroatoms. The van der Waals surface area contributed by atoms with Crippen LogP contribution in [0.15, 0.2) is 24.4 Å². The molecule has 2 rings (SSSR count). The number of nitrogens with zero attached hydrogens (tertiary/aromatic N) is 2. The molecule has 3 N–H and O–H groups in total. The molecule has 0 saturated carbocycles. The summed E-state index contributed by atoms with van der Waals surface area (Å²) in [6, 6.07) is 5.49. The van der Waals surface area contributed by atoms with Gasteiger partial charge in [-0.15, -0.1) is 0 Å². The van der Waals surface area contributed by atoms with Crippen molar-refractivity contribution in [2.45, 2.75) is 13.8 Å². The highest BCUT2D eigenvalue weighted by Gasteiger charge is 2.14. The summed E-state index contributed by atoms with van der Waals surface area (Å²) in [6.45, 7) is 3.76. The van der Waals surface area contributed by atoms with E-state index in [1.165, 1.54) is 0 Å². The third-order valence-corrected chi connectivity index (χ3v) is 3.49. The summed E-state index contributed by atoms with van der Waals surface area (Å²) in [7, 11) is 1.80. The predicted octanol–water partition coefficient (Wildman–Crippen LogP) is 1.92. The van der Waals surface area contributed by atoms with E-state index in [2.05, 4.69) is 10.4 Å². The van der Waals surface area contributed by atoms with E-state index >= 15 is 0 Å². The molecule has 0 aliphatic heterocycles. The fraction of sp³-hybridized carbons (Fsp3) is 0.214. The summed E-state index contributed by atoms with van der Waals surface area (Å²) in [4.78, 5) is 12.6. The molecule has 0 bridgehead atoms. The fourth-order valence-electron chi connectivity index (χ4n) is 1.82. The van der Waals surface area contributed by atoms with Gasteiger partial charge in [0.25, 0.3) is 5.91 Å². The van der Waals surface area contributed by atoms with Gasteiger partial charge < -0.3 is 11.1 Å². The Bertz CT molecular complexity index is 690. The minimum Gasteiger partial charge on any atom is -0.389 e. The smallest absolute Gasteiger partial charge is 0.259 e. The second-order valence-electron chi connectivity index (χ2n) is 4.62. The van der Waals surface area contributed by atoms with Gasteiger partial charge in [-0.2, -0.15) is 5.10 Å². The van der Waals surface area contributed by atoms with E-state index < -0.39 is 0 Å². The topological polar surface area (TPSA) is 72.9 Å². The van der Waals surface area contributed by atoms with E-state index in [-0.39, 0.29) is 5.91 Å². The summed E-state index contributed by atoms with van der Waals surface area (Å²) in [6.07, 6.45) is 1.55. The molecule has 1 amide bonds. The van der Waals surface area contributed by atoms with E-state index in [4.69, 9.17) is 18.0 Å². The van der Waals surface area contributed by atoms with Crippen LogP contribution in [0, 0.1) is 13.8 Å². The van der Waals surface area contributed by atoms with Gasteiger partial charge in [-0.25, -0.2) is 0 Å². The second-order valence-corrected chi connectivity index (χ2v) is 5.06. The number of rotatable bonds is 3. The molecular formula is C14H16N4OS. The van der Waals surface area contributed by atoms with Crippen molar-refractivity contribution in [2.75, 3.05) is 5.32 Å². The van der Waals surface area contributed by atoms with Gasteiger partial charge in [-0.3, -0.25) is 9.48 Å². The van der Waals surface area contributed by atoms with Crippen LogP contribution >= 0.6 is 12.2 Å². The van der Waals surface area contributed by atoms with Gasteiger partial charge in [0.15, 0.2) is 0 Å². The highest BCUT2D eigenvalue weighted by atomic mass is 32.1. The summed E-state index contributed by atoms with van der Waals surface area (Å²) >= 11 is 4.95. The number of carbonyl (C=O) groups is 1. The average molecular weight is 288 g/mol. The third-order valence-electron chi connectivity index (χ3n) is 3.25. The maximum atomic E-state index is 12.3. The molecule has 0 fully saturated rings. The lowest BCUT2D eigenvalue weighted by Crippen LogP contribution is -2.15. The summed E-state index contributed by atoms with van der Waals surface area (Å²) < 4.78 is 1.66. The SMILES string of the molecule is Cc1ccc(C(N)=S)cc1NC(=O)c1cnn(C)c1C. The van der Waals surface area contributed by atoms with Crippen molar-refractivity contribution in [2.24, 2.45) is 12.8 Å². The van der Waals surface area contributed by atoms with Gasteiger partial charge in [0, 0.05) is 24.0 Å². The number of nitrogens with one attached hydrogen (secondary N) is 1. The van der Waals surface area contributed by atoms with Gasteiger partial charge in [0.05, 0.1) is 11.8 Å². The van der Waals surface area contributed by atoms with Crippen LogP contribution in [0.2, 0.25) is 0 Å². The minimum atomic E-state index is -0.196. The van der Waals surface area contributed by atoms with Gasteiger partial charge in [-0.1, -0.05) is 24.4 Å². The van der Waals surface area contributed by atoms with E-state index in [1.54, 1.807) is 24.0 Å². The van der Waals surface area contributed by atoms with Crippen LogP contribution in [-0.4, -0.2) is 20.7 Å². The van der Waals surface area contributed by atoms with E-state index in [1.807, 2.05) is 26.0 Å². The van der Waals surface area contributed by atoms with Gasteiger partial charge in [-0.05, 0) is 25.5 Å². The van der Waals surface area contributed by atoms with Crippen molar-refractivity contribution >= 4 is 28.8 Å². The lowest BCUT2D eigenvalue weighted by molar-refractivity contribution is 0.102. The number of benzene rings is 1. The first-order valence-corrected chi connectivity index (χ1v) is 6.51. The molecule has 0 unspecified atom stereocenters. The third kappa shape index (κ3) is 2.70. The van der Waals surface area contributed by atoms with E-state index in [9.17, 15) is 4.79 Å². The molecule has 0 aliphatic rings. The molecule has 1 aromatic heterocycles. The number of anilines is 1. The first-order valence-electron chi connectivity index (χ1n) is 6.10. The Kier molecular flexibility index (Phi) is 3.85. The molecule has 1 heterocycles. The number of amides is 1. The molecular weight excluding hydrogens is 272 g/mol. The first kappa shape index (κ1) is 14.2. The predicted molar refractivity (Wildman–Crippen MR) is 83.0 cm³/mol. The standard InChI is InChI=1S/C14H16N4OS/c1-8-4-5-10(13(15)20)6-12(8)17-14(19)11-7-16-18(3)9(11)2/h4-7H,1-3H3,(H2,15,20)(H,17,19). The zero-order valence-electron chi connectivity index (χ0n) is 11.6. The van der Waals surface area contributed by atoms with Crippen LogP contribution in [0.4, 0.5) is 5.69 Å². The van der Waals surface area contributed by atoms with Crippen LogP contribution in [-0.2, 0) is 7.05 Å². The molecule has 0 aliphatic carbocycles. The van der Waals surface area contributed by atoms with Crippen molar-refractivity contribution < 1.29 is 4.79 Å². The number of aryl methyl sites for hydroxylation is 2. The van der Waals surface area contributed by atoms with Crippen molar-refractivity contribution in [3.05, 3.63) is 46.8 Å². The average Bonchev–Trinajstić information content (AvgIpc) is 2.72. The largest absolute Gasteiger partial charge is 0.389 e. The number of thiocarbonyl (C=S) groups is 1. The summed E-state index contributed by atoms with van der Waals surface area (Å²) in [5.41, 5.74) is 9.33. The lowest BCUT2D eigenvalue weighted by Gasteiger charge is -2.10. The first-order chi connectivity index (χ1) is 9.40. The molecule has 0 radical (unpaired) electrons. The number of carbonyl (C=O) groups excluding carboxylic acids is 1. The molecule has 0 saturated heterocycles. The van der Waals surface area contributed by atoms with Crippen LogP contribution in [0.5, 0.6) is 0 Å². The molecule has 2 aromatic rings. The van der Waals surface area contributed by atoms with Gasteiger partial charge >= 0.3 is 0 Å². The Hall–Kier alpha value is -2.21. The molecule has 0 spiro atoms. The number of nitrogens with two attached hydrogens (primary N) is 1. The summed E-state index contributed by atoms with van der Waals surface area (Å²) in [5.74, 6) is -0.196. The van der Waals surface area contributed by atoms with E-state index in [0.717, 1.165) is 16.8 Å². The van der Waals surface area contributed by atoms with Crippen LogP contribution in [0.1, 0.15) is 27.2 Å². The maximum absolute atomic E-state index is 12.3. The molecule has 20 heavy (non-hydrogen) atoms. The fourth-order valence-corrected chi connectivity index (χ4v) is 1.95. The Morgan fingerprint density at radius 1 is 1.40 bits per heavy atom. The lowest BCUT2D eigenvalue weighted by atomic mass is 10.1. The molecule has 0 atom stereocenters. The second kappa shape index (κ2) is 5.42. The quantitative estimate of drug-likeness (QED) is 0.846. The van der Waals surface area contributed by atoms with Gasteiger partial charge in [0.1, 0.15) is 4.99 Å². The minimum absolute atomic E-state index is 0.196. The van der Waals surface area contributed by atoms with Crippen molar-refractivity contribution in [3.63, 3.8) is 0 Å². The summed E-state index contributed by atoms with van der Waals surface area (Å²) in [5, 5.41) is 6.93. The number of aromatic nitrogens is 2. The van der Waals surface area contributed by atoms with Crippen LogP contribution in [0.25, 0.3) is 0 Å². The van der Waals surface area contributed by atoms with Gasteiger partial charge in [0.2, 0.25) is 0 Å². The van der Waals surface area contributed by atoms with Crippen molar-refractivity contribution in [1.29, 1.82) is 0 Å². The maximum Gasteiger partial charge on any atom is 0.259 e.